The van der Waals surface area contributed by atoms with Crippen molar-refractivity contribution in [1.29, 1.82) is 0 Å². The largest absolute Gasteiger partial charge is 0.508 e. The zero-order chi connectivity index (χ0) is 24.9. The Bertz CT molecular complexity index is 1200. The van der Waals surface area contributed by atoms with E-state index in [1.54, 1.807) is 12.1 Å². The van der Waals surface area contributed by atoms with Gasteiger partial charge in [-0.2, -0.15) is 0 Å². The Morgan fingerprint density at radius 1 is 0.889 bits per heavy atom. The molecule has 0 bridgehead atoms. The highest BCUT2D eigenvalue weighted by molar-refractivity contribution is 5.99. The van der Waals surface area contributed by atoms with E-state index < -0.39 is 6.10 Å². The maximum absolute atomic E-state index is 10.4. The number of benzene rings is 3. The van der Waals surface area contributed by atoms with Gasteiger partial charge in [-0.1, -0.05) is 37.3 Å². The van der Waals surface area contributed by atoms with Crippen molar-refractivity contribution in [3.8, 4) is 23.0 Å². The number of hydrogen-bond donors (Lipinski definition) is 2. The molecule has 0 saturated carbocycles. The summed E-state index contributed by atoms with van der Waals surface area (Å²) in [4.78, 5) is 2.29. The number of ether oxygens (including phenoxy) is 3. The van der Waals surface area contributed by atoms with Gasteiger partial charge in [-0.15, -0.1) is 0 Å². The van der Waals surface area contributed by atoms with E-state index in [0.29, 0.717) is 6.54 Å². The minimum Gasteiger partial charge on any atom is -0.508 e. The number of phenols is 1. The molecule has 2 aliphatic rings. The molecule has 6 heteroatoms. The van der Waals surface area contributed by atoms with Crippen molar-refractivity contribution < 1.29 is 24.4 Å². The summed E-state index contributed by atoms with van der Waals surface area (Å²) in [5.41, 5.74) is 5.36. The second kappa shape index (κ2) is 11.1. The lowest BCUT2D eigenvalue weighted by atomic mass is 9.88. The lowest BCUT2D eigenvalue weighted by Crippen LogP contribution is -2.33. The van der Waals surface area contributed by atoms with Gasteiger partial charge in [0.1, 0.15) is 24.2 Å². The third kappa shape index (κ3) is 5.50. The van der Waals surface area contributed by atoms with Gasteiger partial charge in [0.05, 0.1) is 0 Å². The van der Waals surface area contributed by atoms with Gasteiger partial charge in [0.2, 0.25) is 6.79 Å². The van der Waals surface area contributed by atoms with Crippen LogP contribution in [0.2, 0.25) is 0 Å². The lowest BCUT2D eigenvalue weighted by Gasteiger charge is -2.20. The molecule has 1 fully saturated rings. The van der Waals surface area contributed by atoms with Crippen LogP contribution in [0, 0.1) is 0 Å². The van der Waals surface area contributed by atoms with Crippen LogP contribution in [0.25, 0.3) is 11.1 Å². The van der Waals surface area contributed by atoms with Gasteiger partial charge in [0.15, 0.2) is 11.5 Å². The number of aliphatic hydroxyl groups excluding tert-OH is 1. The molecule has 2 aliphatic heterocycles. The van der Waals surface area contributed by atoms with Crippen molar-refractivity contribution >= 4 is 11.1 Å². The average molecular weight is 488 g/mol. The minimum atomic E-state index is -0.507. The van der Waals surface area contributed by atoms with E-state index in [-0.39, 0.29) is 19.1 Å². The Morgan fingerprint density at radius 3 is 2.22 bits per heavy atom. The number of hydrogen-bond acceptors (Lipinski definition) is 6. The van der Waals surface area contributed by atoms with E-state index in [2.05, 4.69) is 17.9 Å². The number of fused-ring (bicyclic) bond motifs is 1. The third-order valence-corrected chi connectivity index (χ3v) is 6.79. The summed E-state index contributed by atoms with van der Waals surface area (Å²) in [7, 11) is 0. The molecule has 6 nitrogen and oxygen atoms in total. The Morgan fingerprint density at radius 2 is 1.53 bits per heavy atom. The first kappa shape index (κ1) is 24.2. The fourth-order valence-corrected chi connectivity index (χ4v) is 4.98. The van der Waals surface area contributed by atoms with Crippen molar-refractivity contribution in [3.05, 3.63) is 83.4 Å². The summed E-state index contributed by atoms with van der Waals surface area (Å²) in [6, 6.07) is 21.3. The first-order chi connectivity index (χ1) is 17.6. The summed E-state index contributed by atoms with van der Waals surface area (Å²) in [5, 5.41) is 20.2. The molecule has 2 N–H and O–H groups in total. The maximum Gasteiger partial charge on any atom is 0.231 e. The molecule has 188 valence electrons. The van der Waals surface area contributed by atoms with Crippen molar-refractivity contribution in [2.75, 3.05) is 33.0 Å². The van der Waals surface area contributed by atoms with E-state index in [0.717, 1.165) is 64.6 Å². The standard InChI is InChI=1S/C30H33NO5/c1-2-27(23-9-14-28-29(17-23)36-20-35-28)30(21-5-10-24(32)11-6-21)22-7-12-26(13-8-22)34-19-25(33)18-31-15-3-4-16-31/h5-14,17,25,32-33H,2-4,15-16,18-20H2,1H3/b30-27-. The highest BCUT2D eigenvalue weighted by Gasteiger charge is 2.19. The summed E-state index contributed by atoms with van der Waals surface area (Å²) in [5.74, 6) is 2.47. The molecule has 1 atom stereocenters. The highest BCUT2D eigenvalue weighted by Crippen LogP contribution is 2.40. The predicted molar refractivity (Wildman–Crippen MR) is 140 cm³/mol. The van der Waals surface area contributed by atoms with E-state index in [1.807, 2.05) is 48.5 Å². The van der Waals surface area contributed by atoms with Crippen LogP contribution in [0.3, 0.4) is 0 Å². The van der Waals surface area contributed by atoms with Crippen LogP contribution in [0.15, 0.2) is 66.7 Å². The van der Waals surface area contributed by atoms with Crippen LogP contribution in [-0.2, 0) is 0 Å². The molecule has 36 heavy (non-hydrogen) atoms. The number of rotatable bonds is 9. The zero-order valence-corrected chi connectivity index (χ0v) is 20.7. The summed E-state index contributed by atoms with van der Waals surface area (Å²) >= 11 is 0. The molecule has 3 aromatic rings. The Balaban J connectivity index is 1.42. The number of allylic oxidation sites excluding steroid dienone is 1. The van der Waals surface area contributed by atoms with Crippen LogP contribution >= 0.6 is 0 Å². The van der Waals surface area contributed by atoms with Gasteiger partial charge in [-0.05, 0) is 96.6 Å². The van der Waals surface area contributed by atoms with Gasteiger partial charge in [0, 0.05) is 6.54 Å². The molecule has 3 aromatic carbocycles. The van der Waals surface area contributed by atoms with Crippen molar-refractivity contribution in [2.24, 2.45) is 0 Å². The number of likely N-dealkylation sites (tertiary alicyclic amines) is 1. The molecule has 1 unspecified atom stereocenters. The average Bonchev–Trinajstić information content (AvgIpc) is 3.59. The Labute approximate surface area is 212 Å². The van der Waals surface area contributed by atoms with E-state index in [4.69, 9.17) is 14.2 Å². The summed E-state index contributed by atoms with van der Waals surface area (Å²) in [6.45, 7) is 5.42. The van der Waals surface area contributed by atoms with Crippen LogP contribution in [-0.4, -0.2) is 54.3 Å². The Hall–Kier alpha value is -3.48. The van der Waals surface area contributed by atoms with E-state index >= 15 is 0 Å². The van der Waals surface area contributed by atoms with Gasteiger partial charge < -0.3 is 29.3 Å². The first-order valence-electron chi connectivity index (χ1n) is 12.7. The maximum atomic E-state index is 10.4. The van der Waals surface area contributed by atoms with Crippen LogP contribution in [0.1, 0.15) is 42.9 Å². The smallest absolute Gasteiger partial charge is 0.231 e. The quantitative estimate of drug-likeness (QED) is 0.398. The normalized spacial score (nSPS) is 16.6. The zero-order valence-electron chi connectivity index (χ0n) is 20.7. The van der Waals surface area contributed by atoms with Crippen molar-refractivity contribution in [2.45, 2.75) is 32.3 Å². The second-order valence-electron chi connectivity index (χ2n) is 9.32. The number of aliphatic hydroxyl groups is 1. The lowest BCUT2D eigenvalue weighted by molar-refractivity contribution is 0.0758. The van der Waals surface area contributed by atoms with Gasteiger partial charge in [-0.3, -0.25) is 0 Å². The highest BCUT2D eigenvalue weighted by atomic mass is 16.7. The molecular weight excluding hydrogens is 454 g/mol. The predicted octanol–water partition coefficient (Wildman–Crippen LogP) is 5.33. The minimum absolute atomic E-state index is 0.232. The molecule has 0 aliphatic carbocycles. The topological polar surface area (TPSA) is 71.4 Å². The molecular formula is C30H33NO5. The van der Waals surface area contributed by atoms with E-state index in [1.165, 1.54) is 12.8 Å². The molecule has 0 aromatic heterocycles. The number of aromatic hydroxyl groups is 1. The van der Waals surface area contributed by atoms with Crippen LogP contribution in [0.4, 0.5) is 0 Å². The third-order valence-electron chi connectivity index (χ3n) is 6.79. The fraction of sp³-hybridized carbons (Fsp3) is 0.333. The summed E-state index contributed by atoms with van der Waals surface area (Å²) in [6.07, 6.45) is 2.71. The second-order valence-corrected chi connectivity index (χ2v) is 9.32. The van der Waals surface area contributed by atoms with Crippen molar-refractivity contribution in [3.63, 3.8) is 0 Å². The molecule has 2 heterocycles. The molecule has 1 saturated heterocycles. The first-order valence-corrected chi connectivity index (χ1v) is 12.7. The Kier molecular flexibility index (Phi) is 7.44. The molecule has 5 rings (SSSR count). The summed E-state index contributed by atoms with van der Waals surface area (Å²) < 4.78 is 17.0. The number of phenolic OH excluding ortho intramolecular Hbond substituents is 1. The molecule has 0 radical (unpaired) electrons. The number of nitrogens with zero attached hydrogens (tertiary/aromatic N) is 1. The van der Waals surface area contributed by atoms with Gasteiger partial charge in [-0.25, -0.2) is 0 Å². The van der Waals surface area contributed by atoms with Crippen molar-refractivity contribution in [1.82, 2.24) is 4.90 Å². The van der Waals surface area contributed by atoms with Gasteiger partial charge >= 0.3 is 0 Å². The number of β-amino-alcohol motifs (C(OH)–C–C–N with tert-alkyl or cyclic N) is 1. The molecule has 0 spiro atoms. The SMILES string of the molecule is CC/C(=C(\c1ccc(O)cc1)c1ccc(OCC(O)CN2CCCC2)cc1)c1ccc2c(c1)OCO2. The van der Waals surface area contributed by atoms with Crippen LogP contribution < -0.4 is 14.2 Å². The van der Waals surface area contributed by atoms with Gasteiger partial charge in [0.25, 0.3) is 0 Å². The fourth-order valence-electron chi connectivity index (χ4n) is 4.98. The van der Waals surface area contributed by atoms with E-state index in [9.17, 15) is 10.2 Å². The van der Waals surface area contributed by atoms with Crippen LogP contribution in [0.5, 0.6) is 23.0 Å². The molecule has 0 amide bonds. The monoisotopic (exact) mass is 487 g/mol.